The van der Waals surface area contributed by atoms with Crippen molar-refractivity contribution in [3.63, 3.8) is 0 Å². The molecule has 2 aromatic rings. The number of anilines is 1. The number of fused-ring (bicyclic) bond motifs is 1. The number of benzene rings is 1. The van der Waals surface area contributed by atoms with Gasteiger partial charge in [0, 0.05) is 16.0 Å². The average Bonchev–Trinajstić information content (AvgIpc) is 2.94. The van der Waals surface area contributed by atoms with E-state index in [9.17, 15) is 13.2 Å². The number of thiazole rings is 1. The lowest BCUT2D eigenvalue weighted by Gasteiger charge is -2.20. The van der Waals surface area contributed by atoms with E-state index in [1.54, 1.807) is 20.8 Å². The Hall–Kier alpha value is -1.77. The van der Waals surface area contributed by atoms with Gasteiger partial charge in [-0.1, -0.05) is 6.92 Å². The molecule has 3 rings (SSSR count). The molecule has 8 heteroatoms. The first-order valence-corrected chi connectivity index (χ1v) is 11.3. The van der Waals surface area contributed by atoms with Crippen molar-refractivity contribution in [1.82, 2.24) is 9.71 Å². The Morgan fingerprint density at radius 3 is 2.52 bits per heavy atom. The topological polar surface area (TPSA) is 88.2 Å². The molecule has 0 spiro atoms. The Kier molecular flexibility index (Phi) is 5.42. The van der Waals surface area contributed by atoms with Gasteiger partial charge in [-0.2, -0.15) is 0 Å². The molecule has 1 aliphatic carbocycles. The normalized spacial score (nSPS) is 17.4. The SMILES string of the molecule is CC1CCc2nc(NC(=O)c3ccc(S(=O)(=O)NC(C)(C)C)cc3)sc2C1. The van der Waals surface area contributed by atoms with Crippen molar-refractivity contribution in [3.05, 3.63) is 40.4 Å². The second kappa shape index (κ2) is 7.33. The summed E-state index contributed by atoms with van der Waals surface area (Å²) in [5, 5.41) is 3.43. The lowest BCUT2D eigenvalue weighted by atomic mass is 9.93. The molecule has 6 nitrogen and oxygen atoms in total. The third-order valence-electron chi connectivity index (χ3n) is 4.27. The molecule has 1 heterocycles. The molecule has 1 aliphatic rings. The van der Waals surface area contributed by atoms with Crippen molar-refractivity contribution in [2.45, 2.75) is 57.4 Å². The molecule has 2 N–H and O–H groups in total. The lowest BCUT2D eigenvalue weighted by Crippen LogP contribution is -2.40. The van der Waals surface area contributed by atoms with E-state index in [1.807, 2.05) is 0 Å². The number of aryl methyl sites for hydroxylation is 1. The molecule has 146 valence electrons. The summed E-state index contributed by atoms with van der Waals surface area (Å²) in [6.07, 6.45) is 3.09. The highest BCUT2D eigenvalue weighted by molar-refractivity contribution is 7.89. The van der Waals surface area contributed by atoms with E-state index in [4.69, 9.17) is 0 Å². The van der Waals surface area contributed by atoms with Gasteiger partial charge in [-0.3, -0.25) is 10.1 Å². The fraction of sp³-hybridized carbons (Fsp3) is 0.474. The summed E-state index contributed by atoms with van der Waals surface area (Å²) in [4.78, 5) is 18.4. The standard InChI is InChI=1S/C19H25N3O3S2/c1-12-5-10-15-16(11-12)26-18(20-15)21-17(23)13-6-8-14(9-7-13)27(24,25)22-19(2,3)4/h6-9,12,22H,5,10-11H2,1-4H3,(H,20,21,23). The molecule has 0 bridgehead atoms. The monoisotopic (exact) mass is 407 g/mol. The van der Waals surface area contributed by atoms with Crippen LogP contribution < -0.4 is 10.0 Å². The van der Waals surface area contributed by atoms with E-state index < -0.39 is 15.6 Å². The van der Waals surface area contributed by atoms with E-state index in [0.29, 0.717) is 16.6 Å². The maximum Gasteiger partial charge on any atom is 0.257 e. The fourth-order valence-electron chi connectivity index (χ4n) is 3.01. The van der Waals surface area contributed by atoms with Gasteiger partial charge in [0.2, 0.25) is 10.0 Å². The smallest absolute Gasteiger partial charge is 0.257 e. The number of rotatable bonds is 4. The first-order valence-electron chi connectivity index (χ1n) is 8.97. The van der Waals surface area contributed by atoms with E-state index in [0.717, 1.165) is 25.0 Å². The summed E-state index contributed by atoms with van der Waals surface area (Å²) in [5.41, 5.74) is 0.908. The van der Waals surface area contributed by atoms with E-state index in [-0.39, 0.29) is 10.8 Å². The number of amides is 1. The second-order valence-corrected chi connectivity index (χ2v) is 10.8. The highest BCUT2D eigenvalue weighted by atomic mass is 32.2. The van der Waals surface area contributed by atoms with Gasteiger partial charge in [0.25, 0.3) is 5.91 Å². The van der Waals surface area contributed by atoms with Crippen molar-refractivity contribution in [1.29, 1.82) is 0 Å². The van der Waals surface area contributed by atoms with Crippen LogP contribution in [0.1, 0.15) is 55.0 Å². The predicted molar refractivity (Wildman–Crippen MR) is 108 cm³/mol. The first-order chi connectivity index (χ1) is 12.5. The van der Waals surface area contributed by atoms with Crippen LogP contribution in [0.5, 0.6) is 0 Å². The fourth-order valence-corrected chi connectivity index (χ4v) is 5.59. The van der Waals surface area contributed by atoms with Crippen LogP contribution in [0.15, 0.2) is 29.2 Å². The third-order valence-corrected chi connectivity index (χ3v) is 7.08. The second-order valence-electron chi connectivity index (χ2n) is 8.07. The molecule has 0 radical (unpaired) electrons. The number of nitrogens with one attached hydrogen (secondary N) is 2. The van der Waals surface area contributed by atoms with Gasteiger partial charge in [0.15, 0.2) is 5.13 Å². The zero-order valence-corrected chi connectivity index (χ0v) is 17.6. The number of aromatic nitrogens is 1. The zero-order valence-electron chi connectivity index (χ0n) is 16.0. The highest BCUT2D eigenvalue weighted by Crippen LogP contribution is 2.32. The van der Waals surface area contributed by atoms with E-state index in [2.05, 4.69) is 21.9 Å². The van der Waals surface area contributed by atoms with Crippen molar-refractivity contribution in [3.8, 4) is 0 Å². The van der Waals surface area contributed by atoms with Crippen LogP contribution in [-0.4, -0.2) is 24.8 Å². The number of nitrogens with zero attached hydrogens (tertiary/aromatic N) is 1. The van der Waals surface area contributed by atoms with E-state index >= 15 is 0 Å². The molecule has 1 amide bonds. The molecule has 0 saturated heterocycles. The van der Waals surface area contributed by atoms with Gasteiger partial charge in [-0.25, -0.2) is 18.1 Å². The number of carbonyl (C=O) groups excluding carboxylic acids is 1. The van der Waals surface area contributed by atoms with Crippen LogP contribution in [0.3, 0.4) is 0 Å². The molecular weight excluding hydrogens is 382 g/mol. The minimum atomic E-state index is -3.62. The first kappa shape index (κ1) is 20.0. The molecular formula is C19H25N3O3S2. The number of carbonyl (C=O) groups is 1. The van der Waals surface area contributed by atoms with Gasteiger partial charge in [-0.05, 0) is 70.2 Å². The van der Waals surface area contributed by atoms with Crippen LogP contribution in [0.2, 0.25) is 0 Å². The van der Waals surface area contributed by atoms with Crippen LogP contribution >= 0.6 is 11.3 Å². The summed E-state index contributed by atoms with van der Waals surface area (Å²) >= 11 is 1.53. The molecule has 1 aromatic heterocycles. The number of sulfonamides is 1. The van der Waals surface area contributed by atoms with Crippen LogP contribution in [0.4, 0.5) is 5.13 Å². The zero-order chi connectivity index (χ0) is 19.8. The maximum atomic E-state index is 12.5. The Morgan fingerprint density at radius 2 is 1.89 bits per heavy atom. The molecule has 1 aromatic carbocycles. The molecule has 1 atom stereocenters. The largest absolute Gasteiger partial charge is 0.298 e. The maximum absolute atomic E-state index is 12.5. The Morgan fingerprint density at radius 1 is 1.22 bits per heavy atom. The average molecular weight is 408 g/mol. The van der Waals surface area contributed by atoms with Gasteiger partial charge in [-0.15, -0.1) is 11.3 Å². The molecule has 27 heavy (non-hydrogen) atoms. The minimum absolute atomic E-state index is 0.132. The Bertz CT molecular complexity index is 942. The molecule has 0 saturated carbocycles. The van der Waals surface area contributed by atoms with Gasteiger partial charge >= 0.3 is 0 Å². The van der Waals surface area contributed by atoms with Crippen molar-refractivity contribution in [2.24, 2.45) is 5.92 Å². The van der Waals surface area contributed by atoms with Gasteiger partial charge in [0.1, 0.15) is 0 Å². The summed E-state index contributed by atoms with van der Waals surface area (Å²) in [6, 6.07) is 5.92. The summed E-state index contributed by atoms with van der Waals surface area (Å²) in [6.45, 7) is 7.56. The van der Waals surface area contributed by atoms with E-state index in [1.165, 1.54) is 40.5 Å². The predicted octanol–water partition coefficient (Wildman–Crippen LogP) is 3.60. The molecule has 0 fully saturated rings. The Labute approximate surface area is 164 Å². The van der Waals surface area contributed by atoms with Crippen molar-refractivity contribution < 1.29 is 13.2 Å². The molecule has 1 unspecified atom stereocenters. The highest BCUT2D eigenvalue weighted by Gasteiger charge is 2.23. The van der Waals surface area contributed by atoms with Crippen molar-refractivity contribution >= 4 is 32.4 Å². The lowest BCUT2D eigenvalue weighted by molar-refractivity contribution is 0.102. The van der Waals surface area contributed by atoms with Crippen molar-refractivity contribution in [2.75, 3.05) is 5.32 Å². The number of hydrogen-bond donors (Lipinski definition) is 2. The van der Waals surface area contributed by atoms with Gasteiger partial charge in [0.05, 0.1) is 10.6 Å². The Balaban J connectivity index is 1.71. The third kappa shape index (κ3) is 4.94. The summed E-state index contributed by atoms with van der Waals surface area (Å²) in [7, 11) is -3.62. The van der Waals surface area contributed by atoms with Crippen LogP contribution in [0.25, 0.3) is 0 Å². The van der Waals surface area contributed by atoms with Crippen LogP contribution in [-0.2, 0) is 22.9 Å². The quantitative estimate of drug-likeness (QED) is 0.811. The van der Waals surface area contributed by atoms with Gasteiger partial charge < -0.3 is 0 Å². The summed E-state index contributed by atoms with van der Waals surface area (Å²) < 4.78 is 27.3. The van der Waals surface area contributed by atoms with Crippen LogP contribution in [0, 0.1) is 5.92 Å². The minimum Gasteiger partial charge on any atom is -0.298 e. The summed E-state index contributed by atoms with van der Waals surface area (Å²) in [5.74, 6) is 0.361. The number of hydrogen-bond acceptors (Lipinski definition) is 5. The molecule has 0 aliphatic heterocycles.